The number of nitrogens with one attached hydrogen (secondary N) is 2. The number of amides is 2. The highest BCUT2D eigenvalue weighted by Gasteiger charge is 2.29. The number of para-hydroxylation sites is 1. The van der Waals surface area contributed by atoms with Crippen LogP contribution < -0.4 is 10.6 Å². The van der Waals surface area contributed by atoms with Crippen molar-refractivity contribution in [2.24, 2.45) is 5.92 Å². The van der Waals surface area contributed by atoms with Crippen molar-refractivity contribution in [3.8, 4) is 0 Å². The highest BCUT2D eigenvalue weighted by atomic mass is 16.2. The number of benzene rings is 1. The lowest BCUT2D eigenvalue weighted by Gasteiger charge is -2.34. The minimum absolute atomic E-state index is 0.0249. The van der Waals surface area contributed by atoms with E-state index in [4.69, 9.17) is 0 Å². The summed E-state index contributed by atoms with van der Waals surface area (Å²) >= 11 is 0. The molecule has 2 fully saturated rings. The molecule has 2 N–H and O–H groups in total. The Kier molecular flexibility index (Phi) is 6.50. The molecule has 1 aliphatic carbocycles. The Morgan fingerprint density at radius 2 is 1.52 bits per heavy atom. The van der Waals surface area contributed by atoms with Crippen LogP contribution in [0.25, 0.3) is 0 Å². The van der Waals surface area contributed by atoms with Crippen LogP contribution in [-0.4, -0.2) is 66.9 Å². The van der Waals surface area contributed by atoms with Crippen molar-refractivity contribution in [1.82, 2.24) is 15.1 Å². The minimum Gasteiger partial charge on any atom is -0.352 e. The maximum absolute atomic E-state index is 12.4. The number of anilines is 1. The van der Waals surface area contributed by atoms with Gasteiger partial charge in [0.1, 0.15) is 0 Å². The van der Waals surface area contributed by atoms with E-state index in [-0.39, 0.29) is 11.8 Å². The van der Waals surface area contributed by atoms with Crippen LogP contribution in [0, 0.1) is 19.8 Å². The van der Waals surface area contributed by atoms with E-state index in [1.807, 2.05) is 32.0 Å². The third-order valence-electron chi connectivity index (χ3n) is 5.66. The van der Waals surface area contributed by atoms with Crippen LogP contribution in [0.4, 0.5) is 5.69 Å². The third kappa shape index (κ3) is 5.78. The zero-order valence-electron chi connectivity index (χ0n) is 16.8. The molecule has 1 saturated carbocycles. The van der Waals surface area contributed by atoms with Crippen molar-refractivity contribution in [3.05, 3.63) is 29.3 Å². The summed E-state index contributed by atoms with van der Waals surface area (Å²) in [5.74, 6) is 0.827. The van der Waals surface area contributed by atoms with Crippen LogP contribution in [0.5, 0.6) is 0 Å². The summed E-state index contributed by atoms with van der Waals surface area (Å²) in [7, 11) is 0. The zero-order chi connectivity index (χ0) is 19.4. The van der Waals surface area contributed by atoms with Gasteiger partial charge >= 0.3 is 0 Å². The summed E-state index contributed by atoms with van der Waals surface area (Å²) in [6, 6.07) is 6.32. The zero-order valence-corrected chi connectivity index (χ0v) is 16.8. The van der Waals surface area contributed by atoms with Crippen LogP contribution in [0.2, 0.25) is 0 Å². The summed E-state index contributed by atoms with van der Waals surface area (Å²) in [6.45, 7) is 10.2. The van der Waals surface area contributed by atoms with E-state index in [2.05, 4.69) is 27.4 Å². The van der Waals surface area contributed by atoms with Gasteiger partial charge in [0.05, 0.1) is 13.1 Å². The molecular weight excluding hydrogens is 340 g/mol. The first-order valence-electron chi connectivity index (χ1n) is 10.0. The first-order valence-corrected chi connectivity index (χ1v) is 10.0. The molecule has 148 valence electrons. The maximum Gasteiger partial charge on any atom is 0.238 e. The molecule has 1 aromatic carbocycles. The van der Waals surface area contributed by atoms with E-state index in [0.717, 1.165) is 43.0 Å². The molecule has 3 rings (SSSR count). The predicted octanol–water partition coefficient (Wildman–Crippen LogP) is 1.77. The Bertz CT molecular complexity index is 659. The summed E-state index contributed by atoms with van der Waals surface area (Å²) < 4.78 is 0. The Labute approximate surface area is 162 Å². The fraction of sp³-hybridized carbons (Fsp3) is 0.619. The summed E-state index contributed by atoms with van der Waals surface area (Å²) in [5, 5.41) is 6.16. The number of nitrogens with zero attached hydrogens (tertiary/aromatic N) is 2. The largest absolute Gasteiger partial charge is 0.352 e. The predicted molar refractivity (Wildman–Crippen MR) is 108 cm³/mol. The van der Waals surface area contributed by atoms with E-state index in [9.17, 15) is 9.59 Å². The van der Waals surface area contributed by atoms with Gasteiger partial charge in [-0.05, 0) is 50.7 Å². The molecule has 6 heteroatoms. The van der Waals surface area contributed by atoms with Crippen LogP contribution in [-0.2, 0) is 9.59 Å². The lowest BCUT2D eigenvalue weighted by Crippen LogP contribution is -2.51. The highest BCUT2D eigenvalue weighted by molar-refractivity contribution is 5.93. The van der Waals surface area contributed by atoms with Gasteiger partial charge in [0, 0.05) is 37.9 Å². The number of carbonyl (C=O) groups is 2. The summed E-state index contributed by atoms with van der Waals surface area (Å²) in [6.07, 6.45) is 2.48. The highest BCUT2D eigenvalue weighted by Crippen LogP contribution is 2.32. The van der Waals surface area contributed by atoms with Gasteiger partial charge in [0.2, 0.25) is 11.8 Å². The van der Waals surface area contributed by atoms with Gasteiger partial charge in [0.15, 0.2) is 0 Å². The molecule has 27 heavy (non-hydrogen) atoms. The molecule has 1 atom stereocenters. The molecule has 1 heterocycles. The van der Waals surface area contributed by atoms with Gasteiger partial charge in [-0.25, -0.2) is 0 Å². The number of piperazine rings is 1. The van der Waals surface area contributed by atoms with Crippen LogP contribution in [0.3, 0.4) is 0 Å². The topological polar surface area (TPSA) is 64.7 Å². The number of aryl methyl sites for hydroxylation is 2. The van der Waals surface area contributed by atoms with Crippen molar-refractivity contribution >= 4 is 17.5 Å². The second-order valence-electron chi connectivity index (χ2n) is 8.06. The molecule has 2 aliphatic rings. The molecule has 0 bridgehead atoms. The minimum atomic E-state index is 0.0249. The standard InChI is InChI=1S/C21H32N4O2/c1-15-5-4-6-16(2)21(15)23-20(27)14-25-11-9-24(10-12-25)13-19(26)22-17(3)18-7-8-18/h4-6,17-18H,7-14H2,1-3H3,(H,22,26)(H,23,27)/t17-/m1/s1. The second-order valence-corrected chi connectivity index (χ2v) is 8.06. The molecule has 1 aliphatic heterocycles. The molecule has 6 nitrogen and oxygen atoms in total. The van der Waals surface area contributed by atoms with Crippen molar-refractivity contribution < 1.29 is 9.59 Å². The average molecular weight is 373 g/mol. The average Bonchev–Trinajstić information content (AvgIpc) is 3.45. The van der Waals surface area contributed by atoms with Crippen molar-refractivity contribution in [2.75, 3.05) is 44.6 Å². The quantitative estimate of drug-likeness (QED) is 0.766. The Morgan fingerprint density at radius 1 is 1.00 bits per heavy atom. The first kappa shape index (κ1) is 19.8. The first-order chi connectivity index (χ1) is 12.9. The summed E-state index contributed by atoms with van der Waals surface area (Å²) in [4.78, 5) is 28.9. The number of hydrogen-bond acceptors (Lipinski definition) is 4. The van der Waals surface area contributed by atoms with Crippen LogP contribution in [0.15, 0.2) is 18.2 Å². The molecule has 1 saturated heterocycles. The fourth-order valence-electron chi connectivity index (χ4n) is 3.72. The Balaban J connectivity index is 1.38. The molecular formula is C21H32N4O2. The second kappa shape index (κ2) is 8.85. The Morgan fingerprint density at radius 3 is 2.04 bits per heavy atom. The van der Waals surface area contributed by atoms with E-state index < -0.39 is 0 Å². The molecule has 0 spiro atoms. The van der Waals surface area contributed by atoms with E-state index >= 15 is 0 Å². The van der Waals surface area contributed by atoms with Gasteiger partial charge in [-0.3, -0.25) is 19.4 Å². The lowest BCUT2D eigenvalue weighted by atomic mass is 10.1. The SMILES string of the molecule is Cc1cccc(C)c1NC(=O)CN1CCN(CC(=O)N[C@H](C)C2CC2)CC1. The van der Waals surface area contributed by atoms with Gasteiger partial charge in [-0.15, -0.1) is 0 Å². The monoisotopic (exact) mass is 372 g/mol. The summed E-state index contributed by atoms with van der Waals surface area (Å²) in [5.41, 5.74) is 3.09. The Hall–Kier alpha value is -1.92. The number of carbonyl (C=O) groups excluding carboxylic acids is 2. The van der Waals surface area contributed by atoms with Crippen LogP contribution >= 0.6 is 0 Å². The lowest BCUT2D eigenvalue weighted by molar-refractivity contribution is -0.124. The van der Waals surface area contributed by atoms with Crippen molar-refractivity contribution in [3.63, 3.8) is 0 Å². The van der Waals surface area contributed by atoms with Crippen LogP contribution in [0.1, 0.15) is 30.9 Å². The van der Waals surface area contributed by atoms with E-state index in [1.165, 1.54) is 12.8 Å². The van der Waals surface area contributed by atoms with E-state index in [0.29, 0.717) is 25.0 Å². The maximum atomic E-state index is 12.4. The molecule has 0 unspecified atom stereocenters. The molecule has 1 aromatic rings. The van der Waals surface area contributed by atoms with Gasteiger partial charge < -0.3 is 10.6 Å². The van der Waals surface area contributed by atoms with Gasteiger partial charge in [0.25, 0.3) is 0 Å². The molecule has 0 radical (unpaired) electrons. The van der Waals surface area contributed by atoms with Gasteiger partial charge in [-0.2, -0.15) is 0 Å². The normalized spacial score (nSPS) is 19.5. The number of rotatable bonds is 7. The van der Waals surface area contributed by atoms with Crippen molar-refractivity contribution in [1.29, 1.82) is 0 Å². The molecule has 0 aromatic heterocycles. The fourth-order valence-corrected chi connectivity index (χ4v) is 3.72. The smallest absolute Gasteiger partial charge is 0.238 e. The van der Waals surface area contributed by atoms with Gasteiger partial charge in [-0.1, -0.05) is 18.2 Å². The van der Waals surface area contributed by atoms with E-state index in [1.54, 1.807) is 0 Å². The molecule has 2 amide bonds. The van der Waals surface area contributed by atoms with Crippen molar-refractivity contribution in [2.45, 2.75) is 39.7 Å². The number of hydrogen-bond donors (Lipinski definition) is 2. The third-order valence-corrected chi connectivity index (χ3v) is 5.66.